The summed E-state index contributed by atoms with van der Waals surface area (Å²) in [7, 11) is 3.32. The number of hydrogen-bond acceptors (Lipinski definition) is 5. The molecule has 1 aromatic heterocycles. The maximum atomic E-state index is 6.02. The fraction of sp³-hybridized carbons (Fsp3) is 0.292. The average molecular weight is 392 g/mol. The number of ether oxygens (including phenoxy) is 3. The molecule has 0 spiro atoms. The van der Waals surface area contributed by atoms with E-state index in [0.717, 1.165) is 52.7 Å². The lowest BCUT2D eigenvalue weighted by Crippen LogP contribution is -2.13. The number of aromatic nitrogens is 1. The third-order valence-electron chi connectivity index (χ3n) is 4.68. The van der Waals surface area contributed by atoms with Crippen LogP contribution in [0, 0.1) is 13.8 Å². The molecular formula is C24H28N2O3. The Kier molecular flexibility index (Phi) is 7.09. The van der Waals surface area contributed by atoms with Crippen LogP contribution >= 0.6 is 0 Å². The topological polar surface area (TPSA) is 52.6 Å². The minimum absolute atomic E-state index is 0.470. The number of hydrogen-bond donors (Lipinski definition) is 1. The van der Waals surface area contributed by atoms with Crippen molar-refractivity contribution in [3.63, 3.8) is 0 Å². The van der Waals surface area contributed by atoms with E-state index in [4.69, 9.17) is 14.2 Å². The Hall–Kier alpha value is -3.05. The van der Waals surface area contributed by atoms with Crippen molar-refractivity contribution in [2.24, 2.45) is 0 Å². The SMILES string of the molecule is COc1cc(CNCc2cc(C)c(OCc3ccccn3)c(C)c2)cc(OC)c1. The molecule has 5 heteroatoms. The maximum Gasteiger partial charge on any atom is 0.130 e. The van der Waals surface area contributed by atoms with Gasteiger partial charge in [0.1, 0.15) is 23.9 Å². The fourth-order valence-electron chi connectivity index (χ4n) is 3.32. The Morgan fingerprint density at radius 1 is 0.828 bits per heavy atom. The van der Waals surface area contributed by atoms with Crippen molar-refractivity contribution >= 4 is 0 Å². The highest BCUT2D eigenvalue weighted by atomic mass is 16.5. The first-order chi connectivity index (χ1) is 14.1. The van der Waals surface area contributed by atoms with E-state index in [1.807, 2.05) is 36.4 Å². The molecule has 3 aromatic rings. The van der Waals surface area contributed by atoms with Gasteiger partial charge in [-0.25, -0.2) is 0 Å². The molecule has 0 saturated carbocycles. The standard InChI is InChI=1S/C24H28N2O3/c1-17-9-19(10-18(2)24(17)29-16-21-7-5-6-8-26-21)14-25-15-20-11-22(27-3)13-23(12-20)28-4/h5-13,25H,14-16H2,1-4H3. The first kappa shape index (κ1) is 20.7. The van der Waals surface area contributed by atoms with Crippen LogP contribution in [0.3, 0.4) is 0 Å². The zero-order valence-corrected chi connectivity index (χ0v) is 17.5. The van der Waals surface area contributed by atoms with Crippen LogP contribution in [0.15, 0.2) is 54.7 Å². The highest BCUT2D eigenvalue weighted by Gasteiger charge is 2.08. The average Bonchev–Trinajstić information content (AvgIpc) is 2.73. The summed E-state index contributed by atoms with van der Waals surface area (Å²) in [5.74, 6) is 2.52. The van der Waals surface area contributed by atoms with Gasteiger partial charge in [0.25, 0.3) is 0 Å². The molecule has 1 N–H and O–H groups in total. The molecule has 0 bridgehead atoms. The second kappa shape index (κ2) is 9.94. The van der Waals surface area contributed by atoms with Gasteiger partial charge >= 0.3 is 0 Å². The molecule has 0 fully saturated rings. The summed E-state index contributed by atoms with van der Waals surface area (Å²) in [5, 5.41) is 3.49. The van der Waals surface area contributed by atoms with Crippen molar-refractivity contribution in [2.45, 2.75) is 33.5 Å². The van der Waals surface area contributed by atoms with Gasteiger partial charge in [-0.3, -0.25) is 4.98 Å². The Morgan fingerprint density at radius 3 is 2.00 bits per heavy atom. The molecule has 5 nitrogen and oxygen atoms in total. The maximum absolute atomic E-state index is 6.02. The third-order valence-corrected chi connectivity index (χ3v) is 4.68. The number of pyridine rings is 1. The summed E-state index contributed by atoms with van der Waals surface area (Å²) in [4.78, 5) is 4.31. The van der Waals surface area contributed by atoms with Crippen LogP contribution in [0.5, 0.6) is 17.2 Å². The predicted octanol–water partition coefficient (Wildman–Crippen LogP) is 4.58. The Labute approximate surface area is 172 Å². The van der Waals surface area contributed by atoms with Crippen molar-refractivity contribution < 1.29 is 14.2 Å². The number of methoxy groups -OCH3 is 2. The monoisotopic (exact) mass is 392 g/mol. The van der Waals surface area contributed by atoms with Gasteiger partial charge < -0.3 is 19.5 Å². The zero-order valence-electron chi connectivity index (χ0n) is 17.5. The Morgan fingerprint density at radius 2 is 1.45 bits per heavy atom. The molecule has 0 atom stereocenters. The summed E-state index contributed by atoms with van der Waals surface area (Å²) in [6, 6.07) is 16.1. The van der Waals surface area contributed by atoms with Crippen LogP contribution in [0.2, 0.25) is 0 Å². The summed E-state index contributed by atoms with van der Waals surface area (Å²) in [6.45, 7) is 6.12. The van der Waals surface area contributed by atoms with Crippen molar-refractivity contribution in [2.75, 3.05) is 14.2 Å². The van der Waals surface area contributed by atoms with Gasteiger partial charge in [0.05, 0.1) is 19.9 Å². The van der Waals surface area contributed by atoms with E-state index < -0.39 is 0 Å². The second-order valence-corrected chi connectivity index (χ2v) is 6.99. The van der Waals surface area contributed by atoms with E-state index >= 15 is 0 Å². The summed E-state index contributed by atoms with van der Waals surface area (Å²) < 4.78 is 16.7. The molecular weight excluding hydrogens is 364 g/mol. The molecule has 0 aliphatic rings. The molecule has 3 rings (SSSR count). The third kappa shape index (κ3) is 5.72. The molecule has 0 aliphatic heterocycles. The van der Waals surface area contributed by atoms with Crippen LogP contribution in [0.25, 0.3) is 0 Å². The number of nitrogens with zero attached hydrogens (tertiary/aromatic N) is 1. The van der Waals surface area contributed by atoms with E-state index in [-0.39, 0.29) is 0 Å². The van der Waals surface area contributed by atoms with E-state index in [1.54, 1.807) is 20.4 Å². The number of benzene rings is 2. The van der Waals surface area contributed by atoms with Gasteiger partial charge in [-0.2, -0.15) is 0 Å². The second-order valence-electron chi connectivity index (χ2n) is 6.99. The van der Waals surface area contributed by atoms with Crippen molar-refractivity contribution in [3.8, 4) is 17.2 Å². The Balaban J connectivity index is 1.60. The highest BCUT2D eigenvalue weighted by molar-refractivity contribution is 5.43. The van der Waals surface area contributed by atoms with Crippen LogP contribution in [-0.2, 0) is 19.7 Å². The van der Waals surface area contributed by atoms with E-state index in [2.05, 4.69) is 36.3 Å². The zero-order chi connectivity index (χ0) is 20.6. The van der Waals surface area contributed by atoms with Crippen LogP contribution in [0.4, 0.5) is 0 Å². The van der Waals surface area contributed by atoms with E-state index in [0.29, 0.717) is 6.61 Å². The molecule has 1 heterocycles. The molecule has 0 saturated heterocycles. The highest BCUT2D eigenvalue weighted by Crippen LogP contribution is 2.26. The molecule has 2 aromatic carbocycles. The van der Waals surface area contributed by atoms with Crippen LogP contribution < -0.4 is 19.5 Å². The summed E-state index contributed by atoms with van der Waals surface area (Å²) in [5.41, 5.74) is 5.51. The number of rotatable bonds is 9. The predicted molar refractivity (Wildman–Crippen MR) is 115 cm³/mol. The molecule has 152 valence electrons. The minimum Gasteiger partial charge on any atom is -0.497 e. The summed E-state index contributed by atoms with van der Waals surface area (Å²) >= 11 is 0. The first-order valence-electron chi connectivity index (χ1n) is 9.64. The molecule has 0 radical (unpaired) electrons. The van der Waals surface area contributed by atoms with Crippen LogP contribution in [0.1, 0.15) is 27.9 Å². The lowest BCUT2D eigenvalue weighted by molar-refractivity contribution is 0.297. The molecule has 0 unspecified atom stereocenters. The molecule has 0 aliphatic carbocycles. The first-order valence-corrected chi connectivity index (χ1v) is 9.64. The fourth-order valence-corrected chi connectivity index (χ4v) is 3.32. The van der Waals surface area contributed by atoms with Gasteiger partial charge in [0, 0.05) is 25.4 Å². The van der Waals surface area contributed by atoms with Gasteiger partial charge in [0.2, 0.25) is 0 Å². The van der Waals surface area contributed by atoms with Gasteiger partial charge in [-0.15, -0.1) is 0 Å². The van der Waals surface area contributed by atoms with E-state index in [9.17, 15) is 0 Å². The van der Waals surface area contributed by atoms with Crippen molar-refractivity contribution in [1.82, 2.24) is 10.3 Å². The minimum atomic E-state index is 0.470. The lowest BCUT2D eigenvalue weighted by Gasteiger charge is -2.15. The summed E-state index contributed by atoms with van der Waals surface area (Å²) in [6.07, 6.45) is 1.78. The molecule has 0 amide bonds. The van der Waals surface area contributed by atoms with Crippen molar-refractivity contribution in [1.29, 1.82) is 0 Å². The van der Waals surface area contributed by atoms with Gasteiger partial charge in [-0.1, -0.05) is 18.2 Å². The van der Waals surface area contributed by atoms with Crippen molar-refractivity contribution in [3.05, 3.63) is 82.7 Å². The largest absolute Gasteiger partial charge is 0.497 e. The van der Waals surface area contributed by atoms with Gasteiger partial charge in [0.15, 0.2) is 0 Å². The van der Waals surface area contributed by atoms with Gasteiger partial charge in [-0.05, 0) is 60.4 Å². The number of nitrogens with one attached hydrogen (secondary N) is 1. The lowest BCUT2D eigenvalue weighted by atomic mass is 10.1. The number of aryl methyl sites for hydroxylation is 2. The van der Waals surface area contributed by atoms with E-state index in [1.165, 1.54) is 5.56 Å². The Bertz CT molecular complexity index is 897. The smallest absolute Gasteiger partial charge is 0.130 e. The molecule has 29 heavy (non-hydrogen) atoms. The quantitative estimate of drug-likeness (QED) is 0.577. The van der Waals surface area contributed by atoms with Crippen LogP contribution in [-0.4, -0.2) is 19.2 Å². The normalized spacial score (nSPS) is 10.6.